The summed E-state index contributed by atoms with van der Waals surface area (Å²) in [6, 6.07) is 0. The number of nitrogens with zero attached hydrogens (tertiary/aromatic N) is 1. The number of carbonyl (C=O) groups is 1. The average molecular weight is 246 g/mol. The molecule has 0 aliphatic carbocycles. The Morgan fingerprint density at radius 3 is 2.81 bits per heavy atom. The maximum absolute atomic E-state index is 11.4. The summed E-state index contributed by atoms with van der Waals surface area (Å²) in [4.78, 5) is 13.5. The molecule has 0 aromatic heterocycles. The van der Waals surface area contributed by atoms with Crippen molar-refractivity contribution >= 4 is 17.6 Å². The molecule has 0 spiro atoms. The largest absolute Gasteiger partial charge is 0.481 e. The highest BCUT2D eigenvalue weighted by atomic mass is 35.5. The molecular weight excluding hydrogens is 226 g/mol. The Hall–Kier alpha value is -0.540. The Balaban J connectivity index is 2.70. The van der Waals surface area contributed by atoms with Crippen molar-refractivity contribution in [3.05, 3.63) is 11.6 Å². The van der Waals surface area contributed by atoms with Crippen molar-refractivity contribution in [1.29, 1.82) is 0 Å². The monoisotopic (exact) mass is 245 g/mol. The fourth-order valence-corrected chi connectivity index (χ4v) is 2.74. The SMILES string of the molecule is C=C(Cl)CN1CCCC(CCC)(C(=O)O)C1. The predicted molar refractivity (Wildman–Crippen MR) is 65.6 cm³/mol. The Kier molecular flexibility index (Phi) is 4.81. The zero-order valence-electron chi connectivity index (χ0n) is 9.84. The molecule has 1 atom stereocenters. The summed E-state index contributed by atoms with van der Waals surface area (Å²) >= 11 is 5.78. The number of carboxylic acids is 1. The molecule has 1 aliphatic heterocycles. The molecule has 0 radical (unpaired) electrons. The van der Waals surface area contributed by atoms with E-state index in [-0.39, 0.29) is 0 Å². The number of halogens is 1. The zero-order chi connectivity index (χ0) is 12.2. The number of carboxylic acid groups (broad SMARTS) is 1. The fraction of sp³-hybridized carbons (Fsp3) is 0.750. The molecule has 0 bridgehead atoms. The highest BCUT2D eigenvalue weighted by molar-refractivity contribution is 6.29. The predicted octanol–water partition coefficient (Wildman–Crippen LogP) is 2.71. The summed E-state index contributed by atoms with van der Waals surface area (Å²) in [6.45, 7) is 7.81. The van der Waals surface area contributed by atoms with Gasteiger partial charge in [0.15, 0.2) is 0 Å². The second-order valence-electron chi connectivity index (χ2n) is 4.67. The average Bonchev–Trinajstić information content (AvgIpc) is 2.17. The number of hydrogen-bond donors (Lipinski definition) is 1. The van der Waals surface area contributed by atoms with Gasteiger partial charge in [-0.05, 0) is 25.8 Å². The van der Waals surface area contributed by atoms with Gasteiger partial charge < -0.3 is 5.11 Å². The van der Waals surface area contributed by atoms with Crippen LogP contribution in [0.5, 0.6) is 0 Å². The quantitative estimate of drug-likeness (QED) is 0.810. The van der Waals surface area contributed by atoms with Crippen molar-refractivity contribution < 1.29 is 9.90 Å². The van der Waals surface area contributed by atoms with Gasteiger partial charge in [-0.2, -0.15) is 0 Å². The third-order valence-electron chi connectivity index (χ3n) is 3.23. The number of hydrogen-bond acceptors (Lipinski definition) is 2. The standard InChI is InChI=1S/C12H20ClNO2/c1-3-5-12(11(15)16)6-4-7-14(9-12)8-10(2)13/h2-9H2,1H3,(H,15,16). The molecule has 1 fully saturated rings. The van der Waals surface area contributed by atoms with Gasteiger partial charge in [0, 0.05) is 18.1 Å². The van der Waals surface area contributed by atoms with Gasteiger partial charge in [-0.15, -0.1) is 0 Å². The van der Waals surface area contributed by atoms with Crippen LogP contribution in [0.1, 0.15) is 32.6 Å². The molecule has 4 heteroatoms. The maximum Gasteiger partial charge on any atom is 0.310 e. The van der Waals surface area contributed by atoms with Crippen LogP contribution >= 0.6 is 11.6 Å². The molecule has 0 aromatic carbocycles. The molecule has 3 nitrogen and oxygen atoms in total. The summed E-state index contributed by atoms with van der Waals surface area (Å²) in [5.41, 5.74) is -0.570. The molecule has 0 saturated carbocycles. The number of rotatable bonds is 5. The molecule has 1 heterocycles. The summed E-state index contributed by atoms with van der Waals surface area (Å²) in [7, 11) is 0. The van der Waals surface area contributed by atoms with Crippen LogP contribution < -0.4 is 0 Å². The minimum Gasteiger partial charge on any atom is -0.481 e. The van der Waals surface area contributed by atoms with Gasteiger partial charge >= 0.3 is 5.97 Å². The van der Waals surface area contributed by atoms with Gasteiger partial charge in [0.2, 0.25) is 0 Å². The van der Waals surface area contributed by atoms with Crippen molar-refractivity contribution in [3.63, 3.8) is 0 Å². The van der Waals surface area contributed by atoms with Gasteiger partial charge in [0.1, 0.15) is 0 Å². The maximum atomic E-state index is 11.4. The van der Waals surface area contributed by atoms with Gasteiger partial charge in [0.05, 0.1) is 5.41 Å². The van der Waals surface area contributed by atoms with E-state index in [0.717, 1.165) is 32.2 Å². The molecule has 0 aromatic rings. The van der Waals surface area contributed by atoms with E-state index in [1.165, 1.54) is 0 Å². The van der Waals surface area contributed by atoms with Crippen molar-refractivity contribution in [2.75, 3.05) is 19.6 Å². The Morgan fingerprint density at radius 2 is 2.31 bits per heavy atom. The molecule has 92 valence electrons. The highest BCUT2D eigenvalue weighted by Gasteiger charge is 2.41. The normalized spacial score (nSPS) is 26.6. The third-order valence-corrected chi connectivity index (χ3v) is 3.35. The molecule has 1 N–H and O–H groups in total. The minimum absolute atomic E-state index is 0.570. The smallest absolute Gasteiger partial charge is 0.310 e. The lowest BCUT2D eigenvalue weighted by Gasteiger charge is -2.39. The lowest BCUT2D eigenvalue weighted by Crippen LogP contribution is -2.48. The number of likely N-dealkylation sites (tertiary alicyclic amines) is 1. The first-order valence-corrected chi connectivity index (χ1v) is 6.17. The van der Waals surface area contributed by atoms with E-state index in [1.807, 2.05) is 6.92 Å². The summed E-state index contributed by atoms with van der Waals surface area (Å²) in [6.07, 6.45) is 3.35. The molecule has 1 saturated heterocycles. The van der Waals surface area contributed by atoms with Crippen LogP contribution in [0.2, 0.25) is 0 Å². The van der Waals surface area contributed by atoms with Gasteiger partial charge in [-0.25, -0.2) is 0 Å². The Morgan fingerprint density at radius 1 is 1.62 bits per heavy atom. The first-order valence-electron chi connectivity index (χ1n) is 5.79. The number of aliphatic carboxylic acids is 1. The first-order chi connectivity index (χ1) is 7.50. The highest BCUT2D eigenvalue weighted by Crippen LogP contribution is 2.35. The van der Waals surface area contributed by atoms with E-state index < -0.39 is 11.4 Å². The molecule has 0 amide bonds. The summed E-state index contributed by atoms with van der Waals surface area (Å²) < 4.78 is 0. The zero-order valence-corrected chi connectivity index (χ0v) is 10.6. The molecule has 1 rings (SSSR count). The van der Waals surface area contributed by atoms with E-state index >= 15 is 0 Å². The van der Waals surface area contributed by atoms with Crippen molar-refractivity contribution in [1.82, 2.24) is 4.90 Å². The van der Waals surface area contributed by atoms with Crippen LogP contribution in [0, 0.1) is 5.41 Å². The van der Waals surface area contributed by atoms with Crippen LogP contribution in [0.4, 0.5) is 0 Å². The first kappa shape index (κ1) is 13.5. The Bertz CT molecular complexity index is 276. The summed E-state index contributed by atoms with van der Waals surface area (Å²) in [5.74, 6) is -0.667. The van der Waals surface area contributed by atoms with Crippen LogP contribution in [-0.2, 0) is 4.79 Å². The lowest BCUT2D eigenvalue weighted by molar-refractivity contribution is -0.153. The van der Waals surface area contributed by atoms with Crippen LogP contribution in [0.15, 0.2) is 11.6 Å². The van der Waals surface area contributed by atoms with Gasteiger partial charge in [-0.1, -0.05) is 31.5 Å². The van der Waals surface area contributed by atoms with E-state index in [4.69, 9.17) is 11.6 Å². The van der Waals surface area contributed by atoms with E-state index in [1.54, 1.807) is 0 Å². The van der Waals surface area contributed by atoms with Crippen molar-refractivity contribution in [2.24, 2.45) is 5.41 Å². The fourth-order valence-electron chi connectivity index (χ4n) is 2.57. The Labute approximate surface area is 102 Å². The van der Waals surface area contributed by atoms with Gasteiger partial charge in [-0.3, -0.25) is 9.69 Å². The van der Waals surface area contributed by atoms with E-state index in [0.29, 0.717) is 18.1 Å². The third kappa shape index (κ3) is 3.22. The second kappa shape index (κ2) is 5.69. The minimum atomic E-state index is -0.667. The van der Waals surface area contributed by atoms with Crippen LogP contribution in [-0.4, -0.2) is 35.6 Å². The lowest BCUT2D eigenvalue weighted by atomic mass is 9.76. The topological polar surface area (TPSA) is 40.5 Å². The van der Waals surface area contributed by atoms with Crippen molar-refractivity contribution in [2.45, 2.75) is 32.6 Å². The second-order valence-corrected chi connectivity index (χ2v) is 5.20. The molecule has 16 heavy (non-hydrogen) atoms. The molecule has 1 unspecified atom stereocenters. The van der Waals surface area contributed by atoms with E-state index in [2.05, 4.69) is 11.5 Å². The van der Waals surface area contributed by atoms with Gasteiger partial charge in [0.25, 0.3) is 0 Å². The molecular formula is C12H20ClNO2. The van der Waals surface area contributed by atoms with Crippen LogP contribution in [0.3, 0.4) is 0 Å². The summed E-state index contributed by atoms with van der Waals surface area (Å²) in [5, 5.41) is 9.97. The number of piperidine rings is 1. The molecule has 1 aliphatic rings. The van der Waals surface area contributed by atoms with E-state index in [9.17, 15) is 9.90 Å². The van der Waals surface area contributed by atoms with Crippen molar-refractivity contribution in [3.8, 4) is 0 Å². The van der Waals surface area contributed by atoms with Crippen LogP contribution in [0.25, 0.3) is 0 Å².